The summed E-state index contributed by atoms with van der Waals surface area (Å²) in [5, 5.41) is 16.1. The summed E-state index contributed by atoms with van der Waals surface area (Å²) in [4.78, 5) is 0. The normalized spacial score (nSPS) is 16.4. The molecule has 1 aliphatic rings. The molecular weight excluding hydrogens is 216 g/mol. The maximum Gasteiger partial charge on any atom is 0.160 e. The van der Waals surface area contributed by atoms with Crippen molar-refractivity contribution in [3.05, 3.63) is 23.8 Å². The fraction of sp³-hybridized carbons (Fsp3) is 0.462. The summed E-state index contributed by atoms with van der Waals surface area (Å²) in [5.41, 5.74) is 0.883. The third-order valence-corrected chi connectivity index (χ3v) is 2.91. The molecule has 1 aliphatic heterocycles. The van der Waals surface area contributed by atoms with Gasteiger partial charge in [-0.3, -0.25) is 5.01 Å². The third-order valence-electron chi connectivity index (χ3n) is 2.91. The molecule has 0 radical (unpaired) electrons. The molecular formula is C13H18N2O2. The lowest BCUT2D eigenvalue weighted by Gasteiger charge is -2.23. The summed E-state index contributed by atoms with van der Waals surface area (Å²) in [6.07, 6.45) is 5.51. The summed E-state index contributed by atoms with van der Waals surface area (Å²) < 4.78 is 4.99. The minimum Gasteiger partial charge on any atom is -0.504 e. The van der Waals surface area contributed by atoms with Gasteiger partial charge in [0.15, 0.2) is 11.5 Å². The van der Waals surface area contributed by atoms with E-state index in [1.165, 1.54) is 26.4 Å². The number of phenolic OH excluding ortho intramolecular Hbond substituents is 1. The monoisotopic (exact) mass is 234 g/mol. The van der Waals surface area contributed by atoms with E-state index in [4.69, 9.17) is 4.74 Å². The molecule has 92 valence electrons. The van der Waals surface area contributed by atoms with Crippen molar-refractivity contribution in [3.63, 3.8) is 0 Å². The Bertz CT molecular complexity index is 398. The Morgan fingerprint density at radius 2 is 2.06 bits per heavy atom. The van der Waals surface area contributed by atoms with E-state index in [-0.39, 0.29) is 5.75 Å². The lowest BCUT2D eigenvalue weighted by molar-refractivity contribution is 0.240. The molecule has 0 aliphatic carbocycles. The van der Waals surface area contributed by atoms with Gasteiger partial charge >= 0.3 is 0 Å². The number of piperidine rings is 1. The zero-order valence-electron chi connectivity index (χ0n) is 10.1. The van der Waals surface area contributed by atoms with Gasteiger partial charge in [-0.05, 0) is 43.0 Å². The maximum atomic E-state index is 9.63. The van der Waals surface area contributed by atoms with Crippen molar-refractivity contribution < 1.29 is 9.84 Å². The van der Waals surface area contributed by atoms with Crippen molar-refractivity contribution in [2.45, 2.75) is 19.3 Å². The Kier molecular flexibility index (Phi) is 3.85. The van der Waals surface area contributed by atoms with Crippen molar-refractivity contribution in [2.24, 2.45) is 5.10 Å². The van der Waals surface area contributed by atoms with Gasteiger partial charge in [0, 0.05) is 13.1 Å². The number of phenols is 1. The molecule has 0 unspecified atom stereocenters. The maximum absolute atomic E-state index is 9.63. The van der Waals surface area contributed by atoms with Gasteiger partial charge in [0.25, 0.3) is 0 Å². The van der Waals surface area contributed by atoms with Gasteiger partial charge < -0.3 is 9.84 Å². The van der Waals surface area contributed by atoms with Crippen LogP contribution in [0.1, 0.15) is 24.8 Å². The molecule has 4 nitrogen and oxygen atoms in total. The fourth-order valence-electron chi connectivity index (χ4n) is 1.93. The van der Waals surface area contributed by atoms with Gasteiger partial charge in [0.05, 0.1) is 13.3 Å². The molecule has 2 rings (SSSR count). The molecule has 0 spiro atoms. The van der Waals surface area contributed by atoms with Crippen LogP contribution in [-0.2, 0) is 0 Å². The Morgan fingerprint density at radius 3 is 2.71 bits per heavy atom. The molecule has 4 heteroatoms. The number of nitrogens with zero attached hydrogens (tertiary/aromatic N) is 2. The summed E-state index contributed by atoms with van der Waals surface area (Å²) >= 11 is 0. The largest absolute Gasteiger partial charge is 0.504 e. The fourth-order valence-corrected chi connectivity index (χ4v) is 1.93. The van der Waals surface area contributed by atoms with Crippen LogP contribution in [0.5, 0.6) is 11.5 Å². The molecule has 17 heavy (non-hydrogen) atoms. The van der Waals surface area contributed by atoms with E-state index in [1.54, 1.807) is 18.3 Å². The summed E-state index contributed by atoms with van der Waals surface area (Å²) in [7, 11) is 1.54. The average Bonchev–Trinajstić information content (AvgIpc) is 2.38. The molecule has 1 aromatic rings. The van der Waals surface area contributed by atoms with Crippen molar-refractivity contribution in [1.29, 1.82) is 0 Å². The highest BCUT2D eigenvalue weighted by Crippen LogP contribution is 2.25. The van der Waals surface area contributed by atoms with Crippen LogP contribution in [0.2, 0.25) is 0 Å². The van der Waals surface area contributed by atoms with Crippen LogP contribution in [0.4, 0.5) is 0 Å². The summed E-state index contributed by atoms with van der Waals surface area (Å²) in [5.74, 6) is 0.634. The highest BCUT2D eigenvalue weighted by molar-refractivity contribution is 5.80. The van der Waals surface area contributed by atoms with E-state index in [1.807, 2.05) is 6.07 Å². The quantitative estimate of drug-likeness (QED) is 0.816. The molecule has 1 aromatic carbocycles. The van der Waals surface area contributed by atoms with E-state index in [0.717, 1.165) is 18.7 Å². The van der Waals surface area contributed by atoms with Gasteiger partial charge in [-0.25, -0.2) is 0 Å². The van der Waals surface area contributed by atoms with Crippen LogP contribution >= 0.6 is 0 Å². The molecule has 0 atom stereocenters. The van der Waals surface area contributed by atoms with E-state index in [9.17, 15) is 5.11 Å². The molecule has 0 amide bonds. The first-order chi connectivity index (χ1) is 8.29. The van der Waals surface area contributed by atoms with Gasteiger partial charge in [0.2, 0.25) is 0 Å². The standard InChI is InChI=1S/C13H18N2O2/c1-17-13-6-5-11(9-12(13)16)10-14-15-7-3-2-4-8-15/h5-6,9-10,16H,2-4,7-8H2,1H3. The molecule has 0 aromatic heterocycles. The Morgan fingerprint density at radius 1 is 1.29 bits per heavy atom. The molecule has 0 bridgehead atoms. The summed E-state index contributed by atoms with van der Waals surface area (Å²) in [6, 6.07) is 5.28. The lowest BCUT2D eigenvalue weighted by atomic mass is 10.2. The molecule has 1 heterocycles. The SMILES string of the molecule is COc1ccc(C=NN2CCCCC2)cc1O. The molecule has 1 saturated heterocycles. The van der Waals surface area contributed by atoms with Crippen LogP contribution in [0.3, 0.4) is 0 Å². The zero-order chi connectivity index (χ0) is 12.1. The minimum absolute atomic E-state index is 0.148. The molecule has 0 saturated carbocycles. The molecule has 1 fully saturated rings. The van der Waals surface area contributed by atoms with Crippen LogP contribution in [0.25, 0.3) is 0 Å². The minimum atomic E-state index is 0.148. The first kappa shape index (κ1) is 11.8. The molecule has 1 N–H and O–H groups in total. The highest BCUT2D eigenvalue weighted by Gasteiger charge is 2.06. The Balaban J connectivity index is 2.02. The van der Waals surface area contributed by atoms with E-state index in [2.05, 4.69) is 10.1 Å². The van der Waals surface area contributed by atoms with Gasteiger partial charge in [0.1, 0.15) is 0 Å². The second-order valence-electron chi connectivity index (χ2n) is 4.19. The number of hydrazone groups is 1. The second-order valence-corrected chi connectivity index (χ2v) is 4.19. The number of aromatic hydroxyl groups is 1. The zero-order valence-corrected chi connectivity index (χ0v) is 10.1. The second kappa shape index (κ2) is 5.57. The van der Waals surface area contributed by atoms with E-state index < -0.39 is 0 Å². The number of benzene rings is 1. The number of ether oxygens (including phenoxy) is 1. The first-order valence-electron chi connectivity index (χ1n) is 5.95. The lowest BCUT2D eigenvalue weighted by Crippen LogP contribution is -2.24. The van der Waals surface area contributed by atoms with Crippen molar-refractivity contribution >= 4 is 6.21 Å². The first-order valence-corrected chi connectivity index (χ1v) is 5.95. The van der Waals surface area contributed by atoms with Crippen LogP contribution in [-0.4, -0.2) is 36.5 Å². The predicted molar refractivity (Wildman–Crippen MR) is 67.7 cm³/mol. The van der Waals surface area contributed by atoms with Gasteiger partial charge in [-0.1, -0.05) is 0 Å². The number of hydrogen-bond donors (Lipinski definition) is 1. The Hall–Kier alpha value is -1.71. The average molecular weight is 234 g/mol. The third kappa shape index (κ3) is 3.12. The topological polar surface area (TPSA) is 45.1 Å². The van der Waals surface area contributed by atoms with Gasteiger partial charge in [-0.15, -0.1) is 0 Å². The smallest absolute Gasteiger partial charge is 0.160 e. The van der Waals surface area contributed by atoms with Crippen LogP contribution in [0, 0.1) is 0 Å². The predicted octanol–water partition coefficient (Wildman–Crippen LogP) is 2.22. The number of methoxy groups -OCH3 is 1. The van der Waals surface area contributed by atoms with Crippen molar-refractivity contribution in [2.75, 3.05) is 20.2 Å². The van der Waals surface area contributed by atoms with Crippen molar-refractivity contribution in [1.82, 2.24) is 5.01 Å². The van der Waals surface area contributed by atoms with E-state index >= 15 is 0 Å². The Labute approximate surface area is 102 Å². The van der Waals surface area contributed by atoms with Crippen LogP contribution in [0.15, 0.2) is 23.3 Å². The summed E-state index contributed by atoms with van der Waals surface area (Å²) in [6.45, 7) is 2.05. The van der Waals surface area contributed by atoms with Gasteiger partial charge in [-0.2, -0.15) is 5.10 Å². The number of rotatable bonds is 3. The van der Waals surface area contributed by atoms with Crippen LogP contribution < -0.4 is 4.74 Å². The van der Waals surface area contributed by atoms with E-state index in [0.29, 0.717) is 5.75 Å². The number of hydrogen-bond acceptors (Lipinski definition) is 4. The highest BCUT2D eigenvalue weighted by atomic mass is 16.5. The van der Waals surface area contributed by atoms with Crippen molar-refractivity contribution in [3.8, 4) is 11.5 Å².